The molecule has 16 heavy (non-hydrogen) atoms. The van der Waals surface area contributed by atoms with Crippen LogP contribution >= 0.6 is 11.3 Å². The maximum atomic E-state index is 4.63. The number of rotatable bonds is 5. The Balaban J connectivity index is 2.10. The second-order valence-electron chi connectivity index (χ2n) is 4.27. The van der Waals surface area contributed by atoms with Crippen LogP contribution < -0.4 is 5.32 Å². The van der Waals surface area contributed by atoms with Crippen LogP contribution in [0.1, 0.15) is 26.0 Å². The average Bonchev–Trinajstić information content (AvgIpc) is 2.84. The number of imidazole rings is 1. The molecule has 2 aromatic rings. The molecule has 4 heteroatoms. The lowest BCUT2D eigenvalue weighted by molar-refractivity contribution is 0.379. The van der Waals surface area contributed by atoms with Crippen LogP contribution in [-0.2, 0) is 6.42 Å². The molecule has 0 aliphatic rings. The lowest BCUT2D eigenvalue weighted by atomic mass is 9.93. The highest BCUT2D eigenvalue weighted by Gasteiger charge is 2.16. The summed E-state index contributed by atoms with van der Waals surface area (Å²) < 4.78 is 2.11. The van der Waals surface area contributed by atoms with Crippen molar-refractivity contribution in [3.8, 4) is 0 Å². The molecular formula is C12H19N3S. The fourth-order valence-electron chi connectivity index (χ4n) is 2.05. The number of nitrogens with one attached hydrogen (secondary N) is 1. The standard InChI is InChI=1S/C12H19N3S/c1-4-10(9(2)13-3)7-11-8-15-5-6-16-12(15)14-11/h5-6,8-10,13H,4,7H2,1-3H3. The van der Waals surface area contributed by atoms with Crippen LogP contribution in [0.2, 0.25) is 0 Å². The van der Waals surface area contributed by atoms with E-state index in [1.807, 2.05) is 7.05 Å². The molecule has 88 valence electrons. The molecule has 0 aliphatic carbocycles. The minimum Gasteiger partial charge on any atom is -0.317 e. The number of hydrogen-bond acceptors (Lipinski definition) is 3. The molecular weight excluding hydrogens is 218 g/mol. The molecule has 0 radical (unpaired) electrons. The highest BCUT2D eigenvalue weighted by atomic mass is 32.1. The quantitative estimate of drug-likeness (QED) is 0.866. The summed E-state index contributed by atoms with van der Waals surface area (Å²) >= 11 is 1.69. The van der Waals surface area contributed by atoms with Gasteiger partial charge in [0.25, 0.3) is 0 Å². The van der Waals surface area contributed by atoms with E-state index < -0.39 is 0 Å². The zero-order chi connectivity index (χ0) is 11.5. The smallest absolute Gasteiger partial charge is 0.193 e. The summed E-state index contributed by atoms with van der Waals surface area (Å²) in [5.74, 6) is 0.662. The van der Waals surface area contributed by atoms with Gasteiger partial charge in [0.05, 0.1) is 5.69 Å². The van der Waals surface area contributed by atoms with Gasteiger partial charge in [-0.3, -0.25) is 4.40 Å². The first-order chi connectivity index (χ1) is 7.74. The van der Waals surface area contributed by atoms with Gasteiger partial charge in [0.15, 0.2) is 4.96 Å². The van der Waals surface area contributed by atoms with Gasteiger partial charge in [0.2, 0.25) is 0 Å². The molecule has 2 unspecified atom stereocenters. The zero-order valence-corrected chi connectivity index (χ0v) is 10.9. The van der Waals surface area contributed by atoms with Crippen molar-refractivity contribution in [1.29, 1.82) is 0 Å². The molecule has 0 saturated heterocycles. The maximum absolute atomic E-state index is 4.63. The van der Waals surface area contributed by atoms with E-state index in [-0.39, 0.29) is 0 Å². The highest BCUT2D eigenvalue weighted by molar-refractivity contribution is 7.15. The van der Waals surface area contributed by atoms with Gasteiger partial charge in [-0.15, -0.1) is 11.3 Å². The van der Waals surface area contributed by atoms with E-state index in [1.54, 1.807) is 11.3 Å². The SMILES string of the molecule is CCC(Cc1cn2ccsc2n1)C(C)NC. The highest BCUT2D eigenvalue weighted by Crippen LogP contribution is 2.18. The van der Waals surface area contributed by atoms with Crippen molar-refractivity contribution < 1.29 is 0 Å². The number of thiazole rings is 1. The van der Waals surface area contributed by atoms with Crippen LogP contribution in [0.5, 0.6) is 0 Å². The first-order valence-electron chi connectivity index (χ1n) is 5.83. The Kier molecular flexibility index (Phi) is 3.61. The third-order valence-corrected chi connectivity index (χ3v) is 4.07. The van der Waals surface area contributed by atoms with Crippen LogP contribution in [-0.4, -0.2) is 22.5 Å². The minimum absolute atomic E-state index is 0.546. The Hall–Kier alpha value is -0.870. The zero-order valence-electron chi connectivity index (χ0n) is 10.1. The summed E-state index contributed by atoms with van der Waals surface area (Å²) in [5.41, 5.74) is 1.21. The van der Waals surface area contributed by atoms with Gasteiger partial charge in [0.1, 0.15) is 0 Å². The van der Waals surface area contributed by atoms with Crippen molar-refractivity contribution in [1.82, 2.24) is 14.7 Å². The Morgan fingerprint density at radius 3 is 3.00 bits per heavy atom. The topological polar surface area (TPSA) is 29.3 Å². The van der Waals surface area contributed by atoms with Gasteiger partial charge in [-0.25, -0.2) is 4.98 Å². The lowest BCUT2D eigenvalue weighted by Crippen LogP contribution is -2.31. The van der Waals surface area contributed by atoms with Crippen LogP contribution in [0.4, 0.5) is 0 Å². The van der Waals surface area contributed by atoms with Gasteiger partial charge >= 0.3 is 0 Å². The Labute approximate surface area is 101 Å². The molecule has 1 N–H and O–H groups in total. The summed E-state index contributed by atoms with van der Waals surface area (Å²) in [4.78, 5) is 5.73. The molecule has 0 saturated carbocycles. The normalized spacial score (nSPS) is 15.4. The van der Waals surface area contributed by atoms with E-state index in [0.717, 1.165) is 11.4 Å². The van der Waals surface area contributed by atoms with E-state index in [0.29, 0.717) is 12.0 Å². The first-order valence-corrected chi connectivity index (χ1v) is 6.71. The van der Waals surface area contributed by atoms with Crippen molar-refractivity contribution in [2.75, 3.05) is 7.05 Å². The number of fused-ring (bicyclic) bond motifs is 1. The molecule has 2 rings (SSSR count). The van der Waals surface area contributed by atoms with Crippen molar-refractivity contribution in [2.24, 2.45) is 5.92 Å². The maximum Gasteiger partial charge on any atom is 0.193 e. The molecule has 2 atom stereocenters. The Bertz CT molecular complexity index is 417. The van der Waals surface area contributed by atoms with Crippen molar-refractivity contribution in [2.45, 2.75) is 32.7 Å². The van der Waals surface area contributed by atoms with Crippen LogP contribution in [0.15, 0.2) is 17.8 Å². The second-order valence-corrected chi connectivity index (χ2v) is 5.15. The number of aromatic nitrogens is 2. The van der Waals surface area contributed by atoms with Crippen molar-refractivity contribution in [3.05, 3.63) is 23.5 Å². The van der Waals surface area contributed by atoms with Crippen molar-refractivity contribution in [3.63, 3.8) is 0 Å². The van der Waals surface area contributed by atoms with Gasteiger partial charge in [-0.2, -0.15) is 0 Å². The molecule has 2 heterocycles. The van der Waals surface area contributed by atoms with Crippen LogP contribution in [0.25, 0.3) is 4.96 Å². The Morgan fingerprint density at radius 2 is 2.38 bits per heavy atom. The first kappa shape index (κ1) is 11.6. The third-order valence-electron chi connectivity index (χ3n) is 3.30. The Morgan fingerprint density at radius 1 is 1.56 bits per heavy atom. The van der Waals surface area contributed by atoms with Gasteiger partial charge in [0, 0.05) is 23.8 Å². The van der Waals surface area contributed by atoms with Crippen molar-refractivity contribution >= 4 is 16.3 Å². The molecule has 0 fully saturated rings. The lowest BCUT2D eigenvalue weighted by Gasteiger charge is -2.21. The van der Waals surface area contributed by atoms with E-state index in [4.69, 9.17) is 0 Å². The van der Waals surface area contributed by atoms with E-state index >= 15 is 0 Å². The molecule has 0 bridgehead atoms. The second kappa shape index (κ2) is 4.97. The molecule has 0 aliphatic heterocycles. The monoisotopic (exact) mass is 237 g/mol. The summed E-state index contributed by atoms with van der Waals surface area (Å²) in [6, 6.07) is 0.546. The summed E-state index contributed by atoms with van der Waals surface area (Å²) in [5, 5.41) is 5.40. The van der Waals surface area contributed by atoms with E-state index in [2.05, 4.69) is 46.3 Å². The molecule has 2 aromatic heterocycles. The summed E-state index contributed by atoms with van der Waals surface area (Å²) in [6.45, 7) is 4.49. The number of nitrogens with zero attached hydrogens (tertiary/aromatic N) is 2. The van der Waals surface area contributed by atoms with Gasteiger partial charge < -0.3 is 5.32 Å². The summed E-state index contributed by atoms with van der Waals surface area (Å²) in [6.07, 6.45) is 6.47. The fourth-order valence-corrected chi connectivity index (χ4v) is 2.77. The molecule has 0 spiro atoms. The fraction of sp³-hybridized carbons (Fsp3) is 0.583. The third kappa shape index (κ3) is 2.28. The van der Waals surface area contributed by atoms with Crippen LogP contribution in [0.3, 0.4) is 0 Å². The summed E-state index contributed by atoms with van der Waals surface area (Å²) in [7, 11) is 2.03. The molecule has 0 amide bonds. The van der Waals surface area contributed by atoms with Gasteiger partial charge in [-0.05, 0) is 26.3 Å². The molecule has 3 nitrogen and oxygen atoms in total. The predicted octanol–water partition coefficient (Wildman–Crippen LogP) is 2.57. The molecule has 0 aromatic carbocycles. The minimum atomic E-state index is 0.546. The van der Waals surface area contributed by atoms with E-state index in [9.17, 15) is 0 Å². The number of hydrogen-bond donors (Lipinski definition) is 1. The van der Waals surface area contributed by atoms with E-state index in [1.165, 1.54) is 12.1 Å². The predicted molar refractivity (Wildman–Crippen MR) is 69.1 cm³/mol. The van der Waals surface area contributed by atoms with Crippen LogP contribution in [0, 0.1) is 5.92 Å². The largest absolute Gasteiger partial charge is 0.317 e. The average molecular weight is 237 g/mol. The van der Waals surface area contributed by atoms with Gasteiger partial charge in [-0.1, -0.05) is 13.3 Å².